The number of methoxy groups -OCH3 is 1. The Morgan fingerprint density at radius 2 is 1.92 bits per heavy atom. The maximum absolute atomic E-state index is 12.7. The summed E-state index contributed by atoms with van der Waals surface area (Å²) in [6.07, 6.45) is 2.28. The van der Waals surface area contributed by atoms with E-state index >= 15 is 0 Å². The maximum atomic E-state index is 12.7. The molecule has 26 heavy (non-hydrogen) atoms. The third kappa shape index (κ3) is 3.60. The van der Waals surface area contributed by atoms with Crippen LogP contribution in [0.1, 0.15) is 34.9 Å². The lowest BCUT2D eigenvalue weighted by molar-refractivity contribution is 0.0746. The summed E-state index contributed by atoms with van der Waals surface area (Å²) >= 11 is 6.17. The number of halogens is 1. The molecule has 6 nitrogen and oxygen atoms in total. The number of amides is 1. The highest BCUT2D eigenvalue weighted by atomic mass is 35.5. The van der Waals surface area contributed by atoms with E-state index in [1.165, 1.54) is 0 Å². The average Bonchev–Trinajstić information content (AvgIpc) is 3.52. The van der Waals surface area contributed by atoms with Gasteiger partial charge in [0.05, 0.1) is 7.11 Å². The fourth-order valence-electron chi connectivity index (χ4n) is 3.19. The summed E-state index contributed by atoms with van der Waals surface area (Å²) in [5, 5.41) is 0.492. The van der Waals surface area contributed by atoms with Crippen LogP contribution in [0.5, 0.6) is 5.75 Å². The molecule has 2 fully saturated rings. The van der Waals surface area contributed by atoms with Gasteiger partial charge in [0.1, 0.15) is 22.5 Å². The van der Waals surface area contributed by atoms with Gasteiger partial charge in [-0.05, 0) is 31.0 Å². The minimum atomic E-state index is 0.0305. The van der Waals surface area contributed by atoms with Crippen molar-refractivity contribution in [3.05, 3.63) is 46.9 Å². The van der Waals surface area contributed by atoms with Crippen molar-refractivity contribution in [1.82, 2.24) is 14.9 Å². The standard InChI is InChI=1S/C19H21ClN4O2/c1-26-15-4-2-3-14(11-15)19(25)24-9-7-23(8-10-24)17-12-16(20)21-18(22-17)13-5-6-13/h2-4,11-13H,5-10H2,1H3. The van der Waals surface area contributed by atoms with Gasteiger partial charge < -0.3 is 14.5 Å². The highest BCUT2D eigenvalue weighted by Gasteiger charge is 2.29. The lowest BCUT2D eigenvalue weighted by atomic mass is 10.1. The van der Waals surface area contributed by atoms with E-state index in [4.69, 9.17) is 16.3 Å². The molecular weight excluding hydrogens is 352 g/mol. The molecule has 1 saturated carbocycles. The number of hydrogen-bond donors (Lipinski definition) is 0. The smallest absolute Gasteiger partial charge is 0.254 e. The van der Waals surface area contributed by atoms with Crippen LogP contribution in [0, 0.1) is 0 Å². The second-order valence-electron chi connectivity index (χ2n) is 6.69. The zero-order valence-corrected chi connectivity index (χ0v) is 15.4. The van der Waals surface area contributed by atoms with Crippen LogP contribution >= 0.6 is 11.6 Å². The first kappa shape index (κ1) is 17.1. The number of ether oxygens (including phenoxy) is 1. The lowest BCUT2D eigenvalue weighted by Crippen LogP contribution is -2.49. The van der Waals surface area contributed by atoms with Crippen LogP contribution in [0.2, 0.25) is 5.15 Å². The van der Waals surface area contributed by atoms with Crippen molar-refractivity contribution in [2.24, 2.45) is 0 Å². The van der Waals surface area contributed by atoms with Crippen LogP contribution in [-0.4, -0.2) is 54.1 Å². The largest absolute Gasteiger partial charge is 0.497 e. The Hall–Kier alpha value is -2.34. The monoisotopic (exact) mass is 372 g/mol. The van der Waals surface area contributed by atoms with Crippen molar-refractivity contribution in [1.29, 1.82) is 0 Å². The van der Waals surface area contributed by atoms with Gasteiger partial charge in [-0.1, -0.05) is 17.7 Å². The normalized spacial score (nSPS) is 17.3. The minimum Gasteiger partial charge on any atom is -0.497 e. The molecule has 2 aromatic rings. The Bertz CT molecular complexity index is 817. The second-order valence-corrected chi connectivity index (χ2v) is 7.08. The summed E-state index contributed by atoms with van der Waals surface area (Å²) < 4.78 is 5.21. The SMILES string of the molecule is COc1cccc(C(=O)N2CCN(c3cc(Cl)nc(C4CC4)n3)CC2)c1. The number of rotatable bonds is 4. The van der Waals surface area contributed by atoms with E-state index in [0.717, 1.165) is 37.6 Å². The van der Waals surface area contributed by atoms with Gasteiger partial charge in [-0.25, -0.2) is 9.97 Å². The summed E-state index contributed by atoms with van der Waals surface area (Å²) in [7, 11) is 1.60. The molecule has 0 radical (unpaired) electrons. The first-order valence-corrected chi connectivity index (χ1v) is 9.24. The molecule has 0 N–H and O–H groups in total. The van der Waals surface area contributed by atoms with Crippen LogP contribution in [0.25, 0.3) is 0 Å². The van der Waals surface area contributed by atoms with Crippen LogP contribution < -0.4 is 9.64 Å². The number of piperazine rings is 1. The van der Waals surface area contributed by atoms with Crippen molar-refractivity contribution in [2.75, 3.05) is 38.2 Å². The van der Waals surface area contributed by atoms with Gasteiger partial charge in [-0.3, -0.25) is 4.79 Å². The third-order valence-electron chi connectivity index (χ3n) is 4.85. The van der Waals surface area contributed by atoms with Gasteiger partial charge >= 0.3 is 0 Å². The molecule has 1 aliphatic carbocycles. The fraction of sp³-hybridized carbons (Fsp3) is 0.421. The molecular formula is C19H21ClN4O2. The van der Waals surface area contributed by atoms with E-state index in [1.807, 2.05) is 29.2 Å². The molecule has 7 heteroatoms. The van der Waals surface area contributed by atoms with E-state index < -0.39 is 0 Å². The summed E-state index contributed by atoms with van der Waals surface area (Å²) in [5.74, 6) is 2.90. The molecule has 0 atom stereocenters. The predicted octanol–water partition coefficient (Wildman–Crippen LogP) is 2.98. The molecule has 1 aliphatic heterocycles. The Morgan fingerprint density at radius 1 is 1.15 bits per heavy atom. The minimum absolute atomic E-state index is 0.0305. The van der Waals surface area contributed by atoms with E-state index in [1.54, 1.807) is 13.2 Å². The van der Waals surface area contributed by atoms with E-state index in [-0.39, 0.29) is 5.91 Å². The molecule has 2 heterocycles. The van der Waals surface area contributed by atoms with Gasteiger partial charge in [0, 0.05) is 43.7 Å². The molecule has 0 unspecified atom stereocenters. The Labute approximate surface area is 157 Å². The fourth-order valence-corrected chi connectivity index (χ4v) is 3.37. The van der Waals surface area contributed by atoms with Crippen molar-refractivity contribution in [2.45, 2.75) is 18.8 Å². The number of anilines is 1. The van der Waals surface area contributed by atoms with Gasteiger partial charge in [0.25, 0.3) is 5.91 Å². The molecule has 1 amide bonds. The van der Waals surface area contributed by atoms with E-state index in [2.05, 4.69) is 14.9 Å². The average molecular weight is 373 g/mol. The molecule has 0 spiro atoms. The number of nitrogens with zero attached hydrogens (tertiary/aromatic N) is 4. The van der Waals surface area contributed by atoms with Gasteiger partial charge in [0.15, 0.2) is 0 Å². The summed E-state index contributed by atoms with van der Waals surface area (Å²) in [6, 6.07) is 9.09. The topological polar surface area (TPSA) is 58.6 Å². The first-order valence-electron chi connectivity index (χ1n) is 8.87. The summed E-state index contributed by atoms with van der Waals surface area (Å²) in [6.45, 7) is 2.76. The number of hydrogen-bond acceptors (Lipinski definition) is 5. The van der Waals surface area contributed by atoms with Crippen LogP contribution in [0.3, 0.4) is 0 Å². The van der Waals surface area contributed by atoms with Gasteiger partial charge in [0.2, 0.25) is 0 Å². The van der Waals surface area contributed by atoms with Crippen LogP contribution in [0.4, 0.5) is 5.82 Å². The highest BCUT2D eigenvalue weighted by Crippen LogP contribution is 2.39. The Kier molecular flexibility index (Phi) is 4.68. The summed E-state index contributed by atoms with van der Waals surface area (Å²) in [4.78, 5) is 25.8. The number of carbonyl (C=O) groups excluding carboxylic acids is 1. The number of carbonyl (C=O) groups is 1. The van der Waals surface area contributed by atoms with E-state index in [0.29, 0.717) is 35.5 Å². The number of benzene rings is 1. The quantitative estimate of drug-likeness (QED) is 0.772. The summed E-state index contributed by atoms with van der Waals surface area (Å²) in [5.41, 5.74) is 0.652. The van der Waals surface area contributed by atoms with Crippen molar-refractivity contribution in [3.8, 4) is 5.75 Å². The third-order valence-corrected chi connectivity index (χ3v) is 5.04. The molecule has 2 aliphatic rings. The predicted molar refractivity (Wildman–Crippen MR) is 100 cm³/mol. The zero-order valence-electron chi connectivity index (χ0n) is 14.7. The van der Waals surface area contributed by atoms with Crippen LogP contribution in [0.15, 0.2) is 30.3 Å². The number of aromatic nitrogens is 2. The van der Waals surface area contributed by atoms with Crippen LogP contribution in [-0.2, 0) is 0 Å². The van der Waals surface area contributed by atoms with Gasteiger partial charge in [-0.15, -0.1) is 0 Å². The molecule has 4 rings (SSSR count). The molecule has 1 saturated heterocycles. The lowest BCUT2D eigenvalue weighted by Gasteiger charge is -2.35. The Morgan fingerprint density at radius 3 is 2.62 bits per heavy atom. The highest BCUT2D eigenvalue weighted by molar-refractivity contribution is 6.29. The maximum Gasteiger partial charge on any atom is 0.254 e. The molecule has 1 aromatic heterocycles. The van der Waals surface area contributed by atoms with Crippen molar-refractivity contribution in [3.63, 3.8) is 0 Å². The Balaban J connectivity index is 1.43. The van der Waals surface area contributed by atoms with Gasteiger partial charge in [-0.2, -0.15) is 0 Å². The first-order chi connectivity index (χ1) is 12.6. The molecule has 0 bridgehead atoms. The van der Waals surface area contributed by atoms with Crippen molar-refractivity contribution < 1.29 is 9.53 Å². The van der Waals surface area contributed by atoms with Crippen molar-refractivity contribution >= 4 is 23.3 Å². The zero-order chi connectivity index (χ0) is 18.1. The molecule has 136 valence electrons. The molecule has 1 aromatic carbocycles. The second kappa shape index (κ2) is 7.11. The van der Waals surface area contributed by atoms with E-state index in [9.17, 15) is 4.79 Å².